The Morgan fingerprint density at radius 3 is 2.26 bits per heavy atom. The van der Waals surface area contributed by atoms with Gasteiger partial charge in [-0.1, -0.05) is 42.1 Å². The molecule has 1 N–H and O–H groups in total. The summed E-state index contributed by atoms with van der Waals surface area (Å²) >= 11 is 2.52. The molecule has 0 atom stereocenters. The summed E-state index contributed by atoms with van der Waals surface area (Å²) < 4.78 is 23.2. The normalized spacial score (nSPS) is 10.7. The van der Waals surface area contributed by atoms with Crippen LogP contribution in [0.1, 0.15) is 17.3 Å². The molecule has 12 heteroatoms. The summed E-state index contributed by atoms with van der Waals surface area (Å²) in [6, 6.07) is 13.1. The Labute approximate surface area is 234 Å². The SMILES string of the molecule is CCn1c(SCC(=O)Nc2scc(-c3ccccc3)c2C(=O)OC)nnc1-c1cc(OC)c(OC)c(OC)c1. The van der Waals surface area contributed by atoms with Crippen LogP contribution in [0.4, 0.5) is 5.00 Å². The Kier molecular flexibility index (Phi) is 9.10. The van der Waals surface area contributed by atoms with Gasteiger partial charge in [-0.05, 0) is 24.6 Å². The van der Waals surface area contributed by atoms with Gasteiger partial charge in [-0.2, -0.15) is 0 Å². The van der Waals surface area contributed by atoms with Crippen molar-refractivity contribution in [1.82, 2.24) is 14.8 Å². The first-order valence-corrected chi connectivity index (χ1v) is 13.7. The van der Waals surface area contributed by atoms with Crippen LogP contribution in [-0.2, 0) is 16.1 Å². The number of carbonyl (C=O) groups excluding carboxylic acids is 2. The number of anilines is 1. The maximum Gasteiger partial charge on any atom is 0.341 e. The molecular formula is C27H28N4O6S2. The van der Waals surface area contributed by atoms with Gasteiger partial charge in [-0.25, -0.2) is 4.79 Å². The number of amides is 1. The molecule has 0 aliphatic heterocycles. The Morgan fingerprint density at radius 2 is 1.67 bits per heavy atom. The van der Waals surface area contributed by atoms with E-state index in [1.54, 1.807) is 33.5 Å². The van der Waals surface area contributed by atoms with Crippen molar-refractivity contribution in [1.29, 1.82) is 0 Å². The molecule has 0 fully saturated rings. The molecular weight excluding hydrogens is 540 g/mol. The second kappa shape index (κ2) is 12.7. The topological polar surface area (TPSA) is 114 Å². The van der Waals surface area contributed by atoms with Gasteiger partial charge in [0.05, 0.1) is 34.2 Å². The lowest BCUT2D eigenvalue weighted by Crippen LogP contribution is -2.16. The fourth-order valence-corrected chi connectivity index (χ4v) is 5.76. The number of hydrogen-bond donors (Lipinski definition) is 1. The first-order chi connectivity index (χ1) is 18.9. The molecule has 0 spiro atoms. The molecule has 0 bridgehead atoms. The largest absolute Gasteiger partial charge is 0.493 e. The lowest BCUT2D eigenvalue weighted by atomic mass is 10.0. The zero-order valence-electron chi connectivity index (χ0n) is 22.1. The van der Waals surface area contributed by atoms with Crippen molar-refractivity contribution in [3.05, 3.63) is 53.4 Å². The molecule has 4 aromatic rings. The van der Waals surface area contributed by atoms with Gasteiger partial charge < -0.3 is 28.8 Å². The minimum Gasteiger partial charge on any atom is -0.493 e. The van der Waals surface area contributed by atoms with Crippen molar-refractivity contribution < 1.29 is 28.5 Å². The van der Waals surface area contributed by atoms with Gasteiger partial charge >= 0.3 is 5.97 Å². The summed E-state index contributed by atoms with van der Waals surface area (Å²) in [5.74, 6) is 1.33. The van der Waals surface area contributed by atoms with E-state index in [4.69, 9.17) is 18.9 Å². The number of nitrogens with zero attached hydrogens (tertiary/aromatic N) is 3. The summed E-state index contributed by atoms with van der Waals surface area (Å²) in [6.07, 6.45) is 0. The van der Waals surface area contributed by atoms with Crippen LogP contribution in [0.25, 0.3) is 22.5 Å². The van der Waals surface area contributed by atoms with Crippen LogP contribution in [0.15, 0.2) is 53.0 Å². The second-order valence-electron chi connectivity index (χ2n) is 8.01. The number of carbonyl (C=O) groups is 2. The molecule has 39 heavy (non-hydrogen) atoms. The average molecular weight is 569 g/mol. The van der Waals surface area contributed by atoms with E-state index in [-0.39, 0.29) is 11.7 Å². The van der Waals surface area contributed by atoms with Crippen molar-refractivity contribution in [2.45, 2.75) is 18.6 Å². The maximum atomic E-state index is 12.9. The highest BCUT2D eigenvalue weighted by atomic mass is 32.2. The van der Waals surface area contributed by atoms with Crippen molar-refractivity contribution in [2.75, 3.05) is 39.5 Å². The molecule has 1 amide bonds. The van der Waals surface area contributed by atoms with E-state index in [0.29, 0.717) is 50.9 Å². The predicted molar refractivity (Wildman–Crippen MR) is 151 cm³/mol. The fraction of sp³-hybridized carbons (Fsp3) is 0.259. The maximum absolute atomic E-state index is 12.9. The molecule has 2 aromatic carbocycles. The van der Waals surface area contributed by atoms with Gasteiger partial charge in [-0.15, -0.1) is 21.5 Å². The van der Waals surface area contributed by atoms with E-state index in [0.717, 1.165) is 11.1 Å². The van der Waals surface area contributed by atoms with Crippen LogP contribution >= 0.6 is 23.1 Å². The van der Waals surface area contributed by atoms with Crippen molar-refractivity contribution >= 4 is 40.0 Å². The molecule has 0 aliphatic rings. The van der Waals surface area contributed by atoms with Gasteiger partial charge in [0.25, 0.3) is 0 Å². The van der Waals surface area contributed by atoms with E-state index >= 15 is 0 Å². The Balaban J connectivity index is 1.54. The standard InChI is InChI=1S/C27H28N4O6S2/c1-6-31-24(17-12-19(34-2)23(36-4)20(13-17)35-3)29-30-27(31)39-15-21(32)28-25-22(26(33)37-5)18(14-38-25)16-10-8-7-9-11-16/h7-14H,6,15H2,1-5H3,(H,28,32). The van der Waals surface area contributed by atoms with Crippen LogP contribution in [0.3, 0.4) is 0 Å². The number of nitrogens with one attached hydrogen (secondary N) is 1. The lowest BCUT2D eigenvalue weighted by molar-refractivity contribution is -0.113. The van der Waals surface area contributed by atoms with E-state index in [2.05, 4.69) is 15.5 Å². The monoisotopic (exact) mass is 568 g/mol. The second-order valence-corrected chi connectivity index (χ2v) is 9.83. The molecule has 0 aliphatic carbocycles. The Bertz CT molecular complexity index is 1440. The number of benzene rings is 2. The predicted octanol–water partition coefficient (Wildman–Crippen LogP) is 5.24. The smallest absolute Gasteiger partial charge is 0.341 e. The van der Waals surface area contributed by atoms with E-state index in [9.17, 15) is 9.59 Å². The highest BCUT2D eigenvalue weighted by molar-refractivity contribution is 7.99. The van der Waals surface area contributed by atoms with Gasteiger partial charge in [0.15, 0.2) is 22.5 Å². The molecule has 2 heterocycles. The molecule has 0 saturated carbocycles. The minimum atomic E-state index is -0.515. The number of esters is 1. The van der Waals surface area contributed by atoms with Gasteiger partial charge in [0.2, 0.25) is 11.7 Å². The van der Waals surface area contributed by atoms with Crippen molar-refractivity contribution in [2.24, 2.45) is 0 Å². The number of rotatable bonds is 11. The van der Waals surface area contributed by atoms with Crippen LogP contribution < -0.4 is 19.5 Å². The average Bonchev–Trinajstić information content (AvgIpc) is 3.59. The zero-order chi connectivity index (χ0) is 27.9. The summed E-state index contributed by atoms with van der Waals surface area (Å²) in [4.78, 5) is 25.5. The molecule has 204 valence electrons. The number of methoxy groups -OCH3 is 4. The van der Waals surface area contributed by atoms with Crippen LogP contribution in [0, 0.1) is 0 Å². The van der Waals surface area contributed by atoms with Crippen molar-refractivity contribution in [3.8, 4) is 39.8 Å². The molecule has 4 rings (SSSR count). The third-order valence-electron chi connectivity index (χ3n) is 5.81. The molecule has 0 saturated heterocycles. The van der Waals surface area contributed by atoms with Crippen LogP contribution in [0.2, 0.25) is 0 Å². The highest BCUT2D eigenvalue weighted by Gasteiger charge is 2.23. The van der Waals surface area contributed by atoms with Gasteiger partial charge in [0, 0.05) is 23.1 Å². The summed E-state index contributed by atoms with van der Waals surface area (Å²) in [7, 11) is 5.96. The molecule has 0 radical (unpaired) electrons. The number of hydrogen-bond acceptors (Lipinski definition) is 10. The zero-order valence-corrected chi connectivity index (χ0v) is 23.8. The molecule has 2 aromatic heterocycles. The number of ether oxygens (including phenoxy) is 4. The quantitative estimate of drug-likeness (QED) is 0.192. The summed E-state index contributed by atoms with van der Waals surface area (Å²) in [5, 5.41) is 14.4. The van der Waals surface area contributed by atoms with Crippen molar-refractivity contribution in [3.63, 3.8) is 0 Å². The van der Waals surface area contributed by atoms with E-state index < -0.39 is 5.97 Å². The minimum absolute atomic E-state index is 0.0621. The van der Waals surface area contributed by atoms with E-state index in [1.165, 1.54) is 30.2 Å². The molecule has 10 nitrogen and oxygen atoms in total. The summed E-state index contributed by atoms with van der Waals surface area (Å²) in [5.41, 5.74) is 2.62. The number of aromatic nitrogens is 3. The first kappa shape index (κ1) is 28.0. The van der Waals surface area contributed by atoms with E-state index in [1.807, 2.05) is 47.2 Å². The third-order valence-corrected chi connectivity index (χ3v) is 7.67. The van der Waals surface area contributed by atoms with Crippen LogP contribution in [-0.4, -0.2) is 60.8 Å². The highest BCUT2D eigenvalue weighted by Crippen LogP contribution is 2.41. The lowest BCUT2D eigenvalue weighted by Gasteiger charge is -2.14. The summed E-state index contributed by atoms with van der Waals surface area (Å²) in [6.45, 7) is 2.54. The molecule has 0 unspecified atom stereocenters. The number of thioether (sulfide) groups is 1. The van der Waals surface area contributed by atoms with Crippen LogP contribution in [0.5, 0.6) is 17.2 Å². The Morgan fingerprint density at radius 1 is 0.974 bits per heavy atom. The Hall–Kier alpha value is -4.03. The first-order valence-electron chi connectivity index (χ1n) is 11.9. The van der Waals surface area contributed by atoms with Gasteiger partial charge in [-0.3, -0.25) is 4.79 Å². The number of thiophene rings is 1. The fourth-order valence-electron chi connectivity index (χ4n) is 3.98. The van der Waals surface area contributed by atoms with Gasteiger partial charge in [0.1, 0.15) is 10.6 Å². The third kappa shape index (κ3) is 5.86.